The van der Waals surface area contributed by atoms with Gasteiger partial charge in [0.1, 0.15) is 0 Å². The van der Waals surface area contributed by atoms with Crippen LogP contribution in [0.15, 0.2) is 30.3 Å². The van der Waals surface area contributed by atoms with Crippen molar-refractivity contribution in [2.45, 2.75) is 57.9 Å². The molecule has 0 aliphatic heterocycles. The van der Waals surface area contributed by atoms with Gasteiger partial charge < -0.3 is 0 Å². The number of rotatable bonds is 4. The van der Waals surface area contributed by atoms with E-state index in [0.717, 1.165) is 19.3 Å². The van der Waals surface area contributed by atoms with Crippen LogP contribution in [0.1, 0.15) is 67.6 Å². The molecule has 0 bridgehead atoms. The molecule has 0 amide bonds. The van der Waals surface area contributed by atoms with Crippen LogP contribution in [0.5, 0.6) is 0 Å². The standard InChI is InChI=1S/C19H23N3/c1-14(2)22-18-10-6-9-16(11-12-20)19(18)17(21-22)13-15-7-4-3-5-8-15/h3-5,7-8,14,16H,6,9-11,13H2,1-2H3. The van der Waals surface area contributed by atoms with Gasteiger partial charge >= 0.3 is 0 Å². The van der Waals surface area contributed by atoms with Gasteiger partial charge in [0.25, 0.3) is 0 Å². The monoisotopic (exact) mass is 293 g/mol. The summed E-state index contributed by atoms with van der Waals surface area (Å²) in [6, 6.07) is 13.3. The van der Waals surface area contributed by atoms with Gasteiger partial charge in [-0.05, 0) is 38.7 Å². The molecule has 22 heavy (non-hydrogen) atoms. The molecular weight excluding hydrogens is 270 g/mol. The van der Waals surface area contributed by atoms with E-state index in [1.54, 1.807) is 0 Å². The Morgan fingerprint density at radius 1 is 1.32 bits per heavy atom. The van der Waals surface area contributed by atoms with Crippen molar-refractivity contribution in [1.29, 1.82) is 5.26 Å². The van der Waals surface area contributed by atoms with Crippen LogP contribution in [0.4, 0.5) is 0 Å². The van der Waals surface area contributed by atoms with E-state index < -0.39 is 0 Å². The topological polar surface area (TPSA) is 41.6 Å². The zero-order chi connectivity index (χ0) is 15.5. The van der Waals surface area contributed by atoms with E-state index in [2.05, 4.69) is 48.9 Å². The first-order valence-corrected chi connectivity index (χ1v) is 8.21. The van der Waals surface area contributed by atoms with E-state index >= 15 is 0 Å². The molecule has 1 aliphatic carbocycles. The van der Waals surface area contributed by atoms with Crippen LogP contribution >= 0.6 is 0 Å². The fourth-order valence-corrected chi connectivity index (χ4v) is 3.58. The van der Waals surface area contributed by atoms with Gasteiger partial charge in [0.15, 0.2) is 0 Å². The number of nitrogens with zero attached hydrogens (tertiary/aromatic N) is 3. The molecule has 0 radical (unpaired) electrons. The normalized spacial score (nSPS) is 17.3. The largest absolute Gasteiger partial charge is 0.267 e. The maximum atomic E-state index is 9.16. The lowest BCUT2D eigenvalue weighted by Gasteiger charge is -2.23. The molecule has 0 fully saturated rings. The fraction of sp³-hybridized carbons (Fsp3) is 0.474. The average Bonchev–Trinajstić information content (AvgIpc) is 2.89. The zero-order valence-corrected chi connectivity index (χ0v) is 13.4. The van der Waals surface area contributed by atoms with Gasteiger partial charge in [-0.3, -0.25) is 4.68 Å². The Morgan fingerprint density at radius 2 is 2.09 bits per heavy atom. The van der Waals surface area contributed by atoms with Crippen molar-refractivity contribution in [3.05, 3.63) is 52.8 Å². The summed E-state index contributed by atoms with van der Waals surface area (Å²) in [4.78, 5) is 0. The Morgan fingerprint density at radius 3 is 2.77 bits per heavy atom. The molecule has 1 aliphatic rings. The minimum Gasteiger partial charge on any atom is -0.267 e. The number of fused-ring (bicyclic) bond motifs is 1. The molecule has 0 N–H and O–H groups in total. The summed E-state index contributed by atoms with van der Waals surface area (Å²) < 4.78 is 2.19. The molecule has 0 spiro atoms. The van der Waals surface area contributed by atoms with Crippen LogP contribution in [0.25, 0.3) is 0 Å². The second kappa shape index (κ2) is 6.36. The van der Waals surface area contributed by atoms with Gasteiger partial charge in [0.2, 0.25) is 0 Å². The summed E-state index contributed by atoms with van der Waals surface area (Å²) in [6.07, 6.45) is 4.86. The van der Waals surface area contributed by atoms with Crippen molar-refractivity contribution < 1.29 is 0 Å². The van der Waals surface area contributed by atoms with Crippen LogP contribution in [0.2, 0.25) is 0 Å². The van der Waals surface area contributed by atoms with Crippen molar-refractivity contribution in [2.75, 3.05) is 0 Å². The van der Waals surface area contributed by atoms with Gasteiger partial charge in [-0.2, -0.15) is 10.4 Å². The van der Waals surface area contributed by atoms with Crippen molar-refractivity contribution >= 4 is 0 Å². The minimum absolute atomic E-state index is 0.361. The smallest absolute Gasteiger partial charge is 0.0706 e. The Hall–Kier alpha value is -2.08. The lowest BCUT2D eigenvalue weighted by molar-refractivity contribution is 0.477. The molecule has 114 valence electrons. The van der Waals surface area contributed by atoms with Crippen molar-refractivity contribution in [2.24, 2.45) is 0 Å². The van der Waals surface area contributed by atoms with Gasteiger partial charge in [-0.15, -0.1) is 0 Å². The number of hydrogen-bond acceptors (Lipinski definition) is 2. The van der Waals surface area contributed by atoms with E-state index in [1.807, 2.05) is 6.07 Å². The SMILES string of the molecule is CC(C)n1nc(Cc2ccccc2)c2c1CCCC2CC#N. The Kier molecular flexibility index (Phi) is 4.29. The van der Waals surface area contributed by atoms with Crippen molar-refractivity contribution in [1.82, 2.24) is 9.78 Å². The molecule has 3 nitrogen and oxygen atoms in total. The van der Waals surface area contributed by atoms with E-state index in [-0.39, 0.29) is 0 Å². The number of aromatic nitrogens is 2. The second-order valence-corrected chi connectivity index (χ2v) is 6.46. The first-order valence-electron chi connectivity index (χ1n) is 8.21. The maximum absolute atomic E-state index is 9.16. The van der Waals surface area contributed by atoms with E-state index in [9.17, 15) is 0 Å². The summed E-state index contributed by atoms with van der Waals surface area (Å²) in [6.45, 7) is 4.38. The molecule has 3 heteroatoms. The summed E-state index contributed by atoms with van der Waals surface area (Å²) >= 11 is 0. The molecule has 1 atom stereocenters. The molecule has 2 aromatic rings. The predicted octanol–water partition coefficient (Wildman–Crippen LogP) is 4.39. The van der Waals surface area contributed by atoms with Gasteiger partial charge in [-0.25, -0.2) is 0 Å². The van der Waals surface area contributed by atoms with Gasteiger partial charge in [-0.1, -0.05) is 30.3 Å². The van der Waals surface area contributed by atoms with E-state index in [0.29, 0.717) is 18.4 Å². The molecule has 1 unspecified atom stereocenters. The third-order valence-electron chi connectivity index (χ3n) is 4.54. The molecular formula is C19H23N3. The molecule has 0 saturated carbocycles. The summed E-state index contributed by atoms with van der Waals surface area (Å²) in [5.74, 6) is 0.361. The highest BCUT2D eigenvalue weighted by atomic mass is 15.3. The number of benzene rings is 1. The van der Waals surface area contributed by atoms with Gasteiger partial charge in [0, 0.05) is 36.1 Å². The third-order valence-corrected chi connectivity index (χ3v) is 4.54. The Balaban J connectivity index is 2.04. The third kappa shape index (κ3) is 2.78. The number of hydrogen-bond donors (Lipinski definition) is 0. The summed E-state index contributed by atoms with van der Waals surface area (Å²) in [7, 11) is 0. The molecule has 3 rings (SSSR count). The van der Waals surface area contributed by atoms with E-state index in [1.165, 1.54) is 28.9 Å². The average molecular weight is 293 g/mol. The Labute approximate surface area is 132 Å². The first kappa shape index (κ1) is 14.8. The quantitative estimate of drug-likeness (QED) is 0.839. The highest BCUT2D eigenvalue weighted by Gasteiger charge is 2.29. The second-order valence-electron chi connectivity index (χ2n) is 6.46. The van der Waals surface area contributed by atoms with Crippen molar-refractivity contribution in [3.63, 3.8) is 0 Å². The van der Waals surface area contributed by atoms with Crippen molar-refractivity contribution in [3.8, 4) is 6.07 Å². The lowest BCUT2D eigenvalue weighted by Crippen LogP contribution is -2.14. The predicted molar refractivity (Wildman–Crippen MR) is 87.8 cm³/mol. The molecule has 1 heterocycles. The summed E-state index contributed by atoms with van der Waals surface area (Å²) in [5, 5.41) is 14.1. The molecule has 1 aromatic heterocycles. The zero-order valence-electron chi connectivity index (χ0n) is 13.4. The fourth-order valence-electron chi connectivity index (χ4n) is 3.58. The van der Waals surface area contributed by atoms with Crippen LogP contribution in [-0.4, -0.2) is 9.78 Å². The highest BCUT2D eigenvalue weighted by molar-refractivity contribution is 5.37. The lowest BCUT2D eigenvalue weighted by atomic mass is 9.82. The molecule has 1 aromatic carbocycles. The maximum Gasteiger partial charge on any atom is 0.0706 e. The van der Waals surface area contributed by atoms with Crippen LogP contribution in [0.3, 0.4) is 0 Å². The molecule has 0 saturated heterocycles. The van der Waals surface area contributed by atoms with Crippen LogP contribution < -0.4 is 0 Å². The van der Waals surface area contributed by atoms with E-state index in [4.69, 9.17) is 10.4 Å². The Bertz CT molecular complexity index is 677. The summed E-state index contributed by atoms with van der Waals surface area (Å²) in [5.41, 5.74) is 5.20. The number of nitriles is 1. The first-order chi connectivity index (χ1) is 10.7. The van der Waals surface area contributed by atoms with Crippen LogP contribution in [0, 0.1) is 11.3 Å². The van der Waals surface area contributed by atoms with Gasteiger partial charge in [0.05, 0.1) is 11.8 Å². The highest BCUT2D eigenvalue weighted by Crippen LogP contribution is 2.37. The van der Waals surface area contributed by atoms with Crippen LogP contribution in [-0.2, 0) is 12.8 Å². The minimum atomic E-state index is 0.361.